The summed E-state index contributed by atoms with van der Waals surface area (Å²) in [5.41, 5.74) is 0. The normalized spacial score (nSPS) is 39.6. The van der Waals surface area contributed by atoms with Crippen molar-refractivity contribution in [2.45, 2.75) is 48.3 Å². The fourth-order valence-electron chi connectivity index (χ4n) is 2.74. The molecule has 0 saturated carbocycles. The zero-order valence-electron chi connectivity index (χ0n) is 9.53. The van der Waals surface area contributed by atoms with Crippen molar-refractivity contribution in [1.82, 2.24) is 0 Å². The highest BCUT2D eigenvalue weighted by molar-refractivity contribution is 14.1. The van der Waals surface area contributed by atoms with E-state index in [1.807, 2.05) is 6.92 Å². The first-order chi connectivity index (χ1) is 7.49. The quantitative estimate of drug-likeness (QED) is 0.429. The first-order valence-electron chi connectivity index (χ1n) is 5.68. The maximum absolute atomic E-state index is 11.6. The number of Topliss-reactive ketones (excluding diaryl/α,β-unsaturated/α-hetero) is 1. The lowest BCUT2D eigenvalue weighted by atomic mass is 10.0. The van der Waals surface area contributed by atoms with Crippen molar-refractivity contribution in [2.75, 3.05) is 7.05 Å². The van der Waals surface area contributed by atoms with Gasteiger partial charge in [0.05, 0.1) is 25.9 Å². The maximum atomic E-state index is 11.6. The number of ether oxygens (including phenoxy) is 1. The molecule has 0 radical (unpaired) electrons. The van der Waals surface area contributed by atoms with Crippen LogP contribution in [0, 0.1) is 0 Å². The second-order valence-corrected chi connectivity index (χ2v) is 6.69. The molecule has 5 unspecified atom stereocenters. The molecule has 2 bridgehead atoms. The number of alkyl halides is 1. The van der Waals surface area contributed by atoms with Crippen LogP contribution >= 0.6 is 22.6 Å². The Kier molecular flexibility index (Phi) is 3.53. The number of carbonyl (C=O) groups excluding carboxylic acids is 2. The fraction of sp³-hybridized carbons (Fsp3) is 0.818. The molecule has 2 heterocycles. The number of nitrogens with one attached hydrogen (secondary N) is 1. The third-order valence-electron chi connectivity index (χ3n) is 3.71. The number of hydrogen-bond donors (Lipinski definition) is 1. The molecule has 2 fully saturated rings. The third-order valence-corrected chi connectivity index (χ3v) is 4.22. The van der Waals surface area contributed by atoms with E-state index in [0.29, 0.717) is 24.7 Å². The average Bonchev–Trinajstić information content (AvgIpc) is 2.40. The summed E-state index contributed by atoms with van der Waals surface area (Å²) in [7, 11) is 2.10. The van der Waals surface area contributed by atoms with Gasteiger partial charge in [0.1, 0.15) is 15.7 Å². The van der Waals surface area contributed by atoms with Gasteiger partial charge in [0, 0.05) is 6.42 Å². The number of carbonyl (C=O) groups is 2. The van der Waals surface area contributed by atoms with Gasteiger partial charge in [-0.15, -0.1) is 0 Å². The number of quaternary nitrogens is 1. The summed E-state index contributed by atoms with van der Waals surface area (Å²) in [6, 6.07) is 0.541. The Balaban J connectivity index is 2.03. The van der Waals surface area contributed by atoms with Gasteiger partial charge < -0.3 is 9.64 Å². The number of fused-ring (bicyclic) bond motifs is 2. The smallest absolute Gasteiger partial charge is 0.319 e. The molecule has 0 aromatic rings. The maximum Gasteiger partial charge on any atom is 0.319 e. The lowest BCUT2D eigenvalue weighted by Crippen LogP contribution is -3.16. The van der Waals surface area contributed by atoms with Gasteiger partial charge in [-0.2, -0.15) is 0 Å². The van der Waals surface area contributed by atoms with E-state index in [0.717, 1.165) is 6.42 Å². The van der Waals surface area contributed by atoms with Gasteiger partial charge in [0.2, 0.25) is 0 Å². The average molecular weight is 338 g/mol. The predicted molar refractivity (Wildman–Crippen MR) is 66.7 cm³/mol. The Hall–Kier alpha value is -0.170. The Morgan fingerprint density at radius 3 is 2.88 bits per heavy atom. The van der Waals surface area contributed by atoms with Gasteiger partial charge in [-0.25, -0.2) is 0 Å². The fourth-order valence-corrected chi connectivity index (χ4v) is 2.89. The zero-order valence-corrected chi connectivity index (χ0v) is 11.7. The molecule has 2 aliphatic rings. The summed E-state index contributed by atoms with van der Waals surface area (Å²) < 4.78 is 5.37. The molecular weight excluding hydrogens is 321 g/mol. The van der Waals surface area contributed by atoms with Crippen LogP contribution in [0.3, 0.4) is 0 Å². The van der Waals surface area contributed by atoms with Crippen LogP contribution in [0.4, 0.5) is 0 Å². The second kappa shape index (κ2) is 4.60. The molecule has 16 heavy (non-hydrogen) atoms. The van der Waals surface area contributed by atoms with Crippen molar-refractivity contribution in [1.29, 1.82) is 0 Å². The van der Waals surface area contributed by atoms with Crippen LogP contribution in [0.1, 0.15) is 26.2 Å². The van der Waals surface area contributed by atoms with E-state index >= 15 is 0 Å². The van der Waals surface area contributed by atoms with Gasteiger partial charge in [0.25, 0.3) is 0 Å². The molecule has 2 rings (SSSR count). The molecule has 5 atom stereocenters. The number of halogens is 1. The molecular formula is C11H17INO3+. The summed E-state index contributed by atoms with van der Waals surface area (Å²) in [6.07, 6.45) is 2.00. The first kappa shape index (κ1) is 12.3. The molecule has 0 amide bonds. The molecule has 0 aromatic carbocycles. The minimum Gasteiger partial charge on any atom is -0.455 e. The van der Waals surface area contributed by atoms with Crippen LogP contribution in [0.25, 0.3) is 0 Å². The van der Waals surface area contributed by atoms with Gasteiger partial charge in [-0.1, -0.05) is 22.6 Å². The molecule has 90 valence electrons. The molecule has 2 aliphatic heterocycles. The minimum absolute atomic E-state index is 0.0545. The highest BCUT2D eigenvalue weighted by atomic mass is 127. The molecule has 0 aromatic heterocycles. The number of hydrogen-bond acceptors (Lipinski definition) is 3. The van der Waals surface area contributed by atoms with E-state index in [2.05, 4.69) is 29.6 Å². The van der Waals surface area contributed by atoms with Crippen LogP contribution in [0.5, 0.6) is 0 Å². The monoisotopic (exact) mass is 338 g/mol. The van der Waals surface area contributed by atoms with Crippen LogP contribution in [-0.2, 0) is 14.3 Å². The Morgan fingerprint density at radius 2 is 2.25 bits per heavy atom. The van der Waals surface area contributed by atoms with E-state index in [9.17, 15) is 9.59 Å². The van der Waals surface area contributed by atoms with Crippen molar-refractivity contribution < 1.29 is 19.2 Å². The summed E-state index contributed by atoms with van der Waals surface area (Å²) in [4.78, 5) is 24.4. The molecule has 2 saturated heterocycles. The lowest BCUT2D eigenvalue weighted by molar-refractivity contribution is -0.919. The Morgan fingerprint density at radius 1 is 1.56 bits per heavy atom. The minimum atomic E-state index is -0.154. The highest BCUT2D eigenvalue weighted by Gasteiger charge is 2.50. The van der Waals surface area contributed by atoms with E-state index < -0.39 is 0 Å². The second-order valence-electron chi connectivity index (χ2n) is 4.82. The van der Waals surface area contributed by atoms with Gasteiger partial charge in [-0.3, -0.25) is 9.59 Å². The van der Waals surface area contributed by atoms with E-state index in [-0.39, 0.29) is 22.0 Å². The Labute approximate surface area is 109 Å². The van der Waals surface area contributed by atoms with Crippen LogP contribution in [0.15, 0.2) is 0 Å². The summed E-state index contributed by atoms with van der Waals surface area (Å²) in [6.45, 7) is 1.83. The summed E-state index contributed by atoms with van der Waals surface area (Å²) in [5.74, 6) is 0.167. The lowest BCUT2D eigenvalue weighted by Gasteiger charge is -2.27. The first-order valence-corrected chi connectivity index (χ1v) is 6.93. The SMILES string of the molecule is CC(I)C(=O)OC1CC2CC(=O)CC1[NH+]2C. The Bertz CT molecular complexity index is 318. The topological polar surface area (TPSA) is 47.8 Å². The van der Waals surface area contributed by atoms with Crippen LogP contribution in [0.2, 0.25) is 0 Å². The van der Waals surface area contributed by atoms with Crippen molar-refractivity contribution in [3.8, 4) is 0 Å². The third kappa shape index (κ3) is 2.25. The predicted octanol–water partition coefficient (Wildman–Crippen LogP) is -0.260. The molecule has 4 nitrogen and oxygen atoms in total. The zero-order chi connectivity index (χ0) is 11.9. The summed E-state index contributed by atoms with van der Waals surface area (Å²) in [5, 5.41) is 0. The number of rotatable bonds is 2. The van der Waals surface area contributed by atoms with Crippen molar-refractivity contribution in [3.63, 3.8) is 0 Å². The molecule has 0 aliphatic carbocycles. The van der Waals surface area contributed by atoms with E-state index in [4.69, 9.17) is 4.74 Å². The van der Waals surface area contributed by atoms with Gasteiger partial charge >= 0.3 is 5.97 Å². The van der Waals surface area contributed by atoms with Crippen LogP contribution in [-0.4, -0.2) is 40.9 Å². The molecule has 0 spiro atoms. The number of esters is 1. The number of piperidine rings is 1. The van der Waals surface area contributed by atoms with Gasteiger partial charge in [-0.05, 0) is 6.92 Å². The van der Waals surface area contributed by atoms with Gasteiger partial charge in [0.15, 0.2) is 6.10 Å². The molecule has 1 N–H and O–H groups in total. The van der Waals surface area contributed by atoms with E-state index in [1.165, 1.54) is 4.90 Å². The number of ketones is 1. The standard InChI is InChI=1S/C11H16INO3/c1-6(12)11(15)16-10-4-7-3-8(14)5-9(10)13(7)2/h6-7,9-10H,3-5H2,1-2H3/p+1. The van der Waals surface area contributed by atoms with Crippen molar-refractivity contribution in [2.24, 2.45) is 0 Å². The van der Waals surface area contributed by atoms with Crippen molar-refractivity contribution >= 4 is 34.3 Å². The number of likely N-dealkylation sites (N-methyl/N-ethyl adjacent to an activating group) is 1. The van der Waals surface area contributed by atoms with Crippen molar-refractivity contribution in [3.05, 3.63) is 0 Å². The van der Waals surface area contributed by atoms with Crippen LogP contribution < -0.4 is 4.90 Å². The largest absolute Gasteiger partial charge is 0.455 e. The highest BCUT2D eigenvalue weighted by Crippen LogP contribution is 2.23. The summed E-state index contributed by atoms with van der Waals surface area (Å²) >= 11 is 2.06. The van der Waals surface area contributed by atoms with E-state index in [1.54, 1.807) is 0 Å². The molecule has 5 heteroatoms.